The molecule has 0 atom stereocenters. The molecular formula is C26H33N3O3S2. The van der Waals surface area contributed by atoms with Crippen LogP contribution in [0.15, 0.2) is 47.4 Å². The second kappa shape index (κ2) is 12.5. The number of para-hydroxylation sites is 1. The lowest BCUT2D eigenvalue weighted by atomic mass is 10.2. The Hall–Kier alpha value is -2.13. The molecule has 0 bridgehead atoms. The van der Waals surface area contributed by atoms with Gasteiger partial charge >= 0.3 is 0 Å². The topological polar surface area (TPSA) is 54.9 Å². The van der Waals surface area contributed by atoms with Gasteiger partial charge in [0.1, 0.15) is 11.3 Å². The summed E-state index contributed by atoms with van der Waals surface area (Å²) < 4.78 is 12.3. The second-order valence-electron chi connectivity index (χ2n) is 8.30. The fourth-order valence-corrected chi connectivity index (χ4v) is 5.80. The van der Waals surface area contributed by atoms with E-state index < -0.39 is 0 Å². The normalized spacial score (nSPS) is 14.4. The number of benzene rings is 2. The third-order valence-corrected chi connectivity index (χ3v) is 7.83. The maximum absolute atomic E-state index is 13.4. The molecule has 0 saturated carbocycles. The largest absolute Gasteiger partial charge is 0.492 e. The van der Waals surface area contributed by atoms with Crippen molar-refractivity contribution in [2.75, 3.05) is 56.7 Å². The molecule has 0 N–H and O–H groups in total. The molecule has 1 aliphatic rings. The highest BCUT2D eigenvalue weighted by atomic mass is 32.2. The van der Waals surface area contributed by atoms with Crippen molar-refractivity contribution < 1.29 is 14.3 Å². The molecule has 0 spiro atoms. The van der Waals surface area contributed by atoms with Crippen LogP contribution >= 0.6 is 23.1 Å². The highest BCUT2D eigenvalue weighted by Gasteiger charge is 2.21. The van der Waals surface area contributed by atoms with Crippen LogP contribution in [0.1, 0.15) is 25.3 Å². The van der Waals surface area contributed by atoms with Crippen molar-refractivity contribution in [3.05, 3.63) is 48.0 Å². The van der Waals surface area contributed by atoms with Crippen molar-refractivity contribution in [1.82, 2.24) is 9.88 Å². The molecule has 8 heteroatoms. The van der Waals surface area contributed by atoms with Gasteiger partial charge in [0.25, 0.3) is 0 Å². The van der Waals surface area contributed by atoms with E-state index in [1.54, 1.807) is 23.1 Å². The van der Waals surface area contributed by atoms with Gasteiger partial charge in [0.05, 0.1) is 24.5 Å². The van der Waals surface area contributed by atoms with E-state index in [0.29, 0.717) is 19.6 Å². The molecule has 4 rings (SSSR count). The molecule has 2 aromatic carbocycles. The number of morpholine rings is 1. The van der Waals surface area contributed by atoms with Crippen LogP contribution in [-0.4, -0.2) is 67.5 Å². The summed E-state index contributed by atoms with van der Waals surface area (Å²) >= 11 is 3.29. The summed E-state index contributed by atoms with van der Waals surface area (Å²) in [6, 6.07) is 14.4. The van der Waals surface area contributed by atoms with Crippen LogP contribution in [-0.2, 0) is 9.53 Å². The molecule has 1 amide bonds. The number of aryl methyl sites for hydroxylation is 1. The Kier molecular flexibility index (Phi) is 9.21. The fraction of sp³-hybridized carbons (Fsp3) is 0.462. The van der Waals surface area contributed by atoms with E-state index in [4.69, 9.17) is 14.5 Å². The number of rotatable bonds is 11. The molecule has 3 aromatic rings. The number of fused-ring (bicyclic) bond motifs is 1. The molecule has 34 heavy (non-hydrogen) atoms. The van der Waals surface area contributed by atoms with Gasteiger partial charge in [-0.1, -0.05) is 35.1 Å². The van der Waals surface area contributed by atoms with Gasteiger partial charge in [-0.15, -0.1) is 11.8 Å². The number of carbonyl (C=O) groups excluding carboxylic acids is 1. The number of aromatic nitrogens is 1. The van der Waals surface area contributed by atoms with Crippen molar-refractivity contribution in [1.29, 1.82) is 0 Å². The van der Waals surface area contributed by atoms with Gasteiger partial charge in [-0.05, 0) is 44.5 Å². The average molecular weight is 500 g/mol. The van der Waals surface area contributed by atoms with Gasteiger partial charge in [-0.3, -0.25) is 14.6 Å². The minimum absolute atomic E-state index is 0.124. The van der Waals surface area contributed by atoms with Crippen molar-refractivity contribution in [2.24, 2.45) is 0 Å². The van der Waals surface area contributed by atoms with E-state index in [0.717, 1.165) is 66.1 Å². The zero-order valence-corrected chi connectivity index (χ0v) is 21.6. The lowest BCUT2D eigenvalue weighted by Gasteiger charge is -2.27. The van der Waals surface area contributed by atoms with E-state index in [9.17, 15) is 4.79 Å². The molecular weight excluding hydrogens is 466 g/mol. The number of carbonyl (C=O) groups is 1. The molecule has 0 radical (unpaired) electrons. The number of thioether (sulfide) groups is 1. The van der Waals surface area contributed by atoms with Gasteiger partial charge in [-0.2, -0.15) is 0 Å². The first-order valence-electron chi connectivity index (χ1n) is 12.0. The Labute approximate surface area is 210 Å². The van der Waals surface area contributed by atoms with Gasteiger partial charge in [0.15, 0.2) is 5.13 Å². The summed E-state index contributed by atoms with van der Waals surface area (Å²) in [5, 5.41) is 0.759. The molecule has 1 aliphatic heterocycles. The van der Waals surface area contributed by atoms with Crippen LogP contribution in [0.25, 0.3) is 10.2 Å². The first-order chi connectivity index (χ1) is 16.6. The molecule has 0 aliphatic carbocycles. The Morgan fingerprint density at radius 3 is 2.76 bits per heavy atom. The predicted molar refractivity (Wildman–Crippen MR) is 142 cm³/mol. The lowest BCUT2D eigenvalue weighted by Crippen LogP contribution is -2.39. The maximum atomic E-state index is 13.4. The number of thiazole rings is 1. The van der Waals surface area contributed by atoms with Crippen molar-refractivity contribution in [3.63, 3.8) is 0 Å². The molecule has 6 nitrogen and oxygen atoms in total. The van der Waals surface area contributed by atoms with Crippen LogP contribution in [0.2, 0.25) is 0 Å². The van der Waals surface area contributed by atoms with Gasteiger partial charge in [0.2, 0.25) is 5.91 Å². The van der Waals surface area contributed by atoms with E-state index in [2.05, 4.69) is 36.1 Å². The minimum atomic E-state index is 0.124. The Morgan fingerprint density at radius 1 is 1.21 bits per heavy atom. The Balaban J connectivity index is 1.45. The first-order valence-corrected chi connectivity index (χ1v) is 13.8. The predicted octanol–water partition coefficient (Wildman–Crippen LogP) is 5.24. The van der Waals surface area contributed by atoms with Crippen LogP contribution in [0.3, 0.4) is 0 Å². The second-order valence-corrected chi connectivity index (χ2v) is 10.5. The number of hydrogen-bond donors (Lipinski definition) is 0. The summed E-state index contributed by atoms with van der Waals surface area (Å²) in [7, 11) is 0. The van der Waals surface area contributed by atoms with E-state index in [1.165, 1.54) is 10.5 Å². The Morgan fingerprint density at radius 2 is 2.00 bits per heavy atom. The van der Waals surface area contributed by atoms with Crippen LogP contribution in [0.4, 0.5) is 5.13 Å². The van der Waals surface area contributed by atoms with Crippen molar-refractivity contribution in [2.45, 2.75) is 31.6 Å². The molecule has 182 valence electrons. The van der Waals surface area contributed by atoms with E-state index >= 15 is 0 Å². The number of ether oxygens (including phenoxy) is 2. The van der Waals surface area contributed by atoms with Crippen LogP contribution < -0.4 is 9.64 Å². The quantitative estimate of drug-likeness (QED) is 0.336. The standard InChI is InChI=1S/C26H33N3O3S2/c1-3-32-22-6-4-7-23-25(22)27-26(34-23)29(14-5-13-28-15-17-31-18-16-28)24(30)12-19-33-21-10-8-20(2)9-11-21/h4,6-11H,3,5,12-19H2,1-2H3. The van der Waals surface area contributed by atoms with Gasteiger partial charge in [-0.25, -0.2) is 4.98 Å². The van der Waals surface area contributed by atoms with Crippen LogP contribution in [0, 0.1) is 6.92 Å². The first kappa shape index (κ1) is 25.0. The zero-order valence-electron chi connectivity index (χ0n) is 20.0. The molecule has 1 saturated heterocycles. The Bertz CT molecular complexity index is 1060. The third-order valence-electron chi connectivity index (χ3n) is 5.77. The summed E-state index contributed by atoms with van der Waals surface area (Å²) in [5.74, 6) is 1.65. The van der Waals surface area contributed by atoms with Crippen molar-refractivity contribution >= 4 is 44.4 Å². The number of amides is 1. The smallest absolute Gasteiger partial charge is 0.229 e. The summed E-state index contributed by atoms with van der Waals surface area (Å²) in [5.41, 5.74) is 2.08. The molecule has 0 unspecified atom stereocenters. The zero-order chi connectivity index (χ0) is 23.8. The monoisotopic (exact) mass is 499 g/mol. The van der Waals surface area contributed by atoms with E-state index in [-0.39, 0.29) is 5.91 Å². The summed E-state index contributed by atoms with van der Waals surface area (Å²) in [6.07, 6.45) is 1.38. The third kappa shape index (κ3) is 6.72. The molecule has 2 heterocycles. The minimum Gasteiger partial charge on any atom is -0.492 e. The number of nitrogens with zero attached hydrogens (tertiary/aromatic N) is 3. The summed E-state index contributed by atoms with van der Waals surface area (Å²) in [4.78, 5) is 23.7. The number of hydrogen-bond acceptors (Lipinski definition) is 7. The summed E-state index contributed by atoms with van der Waals surface area (Å²) in [6.45, 7) is 9.76. The maximum Gasteiger partial charge on any atom is 0.229 e. The fourth-order valence-electron chi connectivity index (χ4n) is 3.93. The van der Waals surface area contributed by atoms with Crippen molar-refractivity contribution in [3.8, 4) is 5.75 Å². The lowest BCUT2D eigenvalue weighted by molar-refractivity contribution is -0.118. The average Bonchev–Trinajstić information content (AvgIpc) is 3.29. The van der Waals surface area contributed by atoms with Gasteiger partial charge in [0, 0.05) is 43.2 Å². The van der Waals surface area contributed by atoms with E-state index in [1.807, 2.05) is 30.0 Å². The highest BCUT2D eigenvalue weighted by Crippen LogP contribution is 2.34. The van der Waals surface area contributed by atoms with Gasteiger partial charge < -0.3 is 9.47 Å². The number of anilines is 1. The highest BCUT2D eigenvalue weighted by molar-refractivity contribution is 7.99. The molecule has 1 fully saturated rings. The SMILES string of the molecule is CCOc1cccc2sc(N(CCCN3CCOCC3)C(=O)CCSc3ccc(C)cc3)nc12. The molecule has 1 aromatic heterocycles. The van der Waals surface area contributed by atoms with Crippen LogP contribution in [0.5, 0.6) is 5.75 Å².